The van der Waals surface area contributed by atoms with Crippen LogP contribution in [0.3, 0.4) is 0 Å². The molecule has 0 radical (unpaired) electrons. The summed E-state index contributed by atoms with van der Waals surface area (Å²) in [6.07, 6.45) is 2.41. The number of ether oxygens (including phenoxy) is 1. The van der Waals surface area contributed by atoms with Crippen LogP contribution in [0.1, 0.15) is 50.8 Å². The molecule has 1 aliphatic rings. The zero-order valence-corrected chi connectivity index (χ0v) is 13.9. The van der Waals surface area contributed by atoms with Gasteiger partial charge in [-0.2, -0.15) is 0 Å². The summed E-state index contributed by atoms with van der Waals surface area (Å²) in [7, 11) is 0. The summed E-state index contributed by atoms with van der Waals surface area (Å²) in [6.45, 7) is 6.18. The second-order valence-corrected chi connectivity index (χ2v) is 5.49. The average molecular weight is 316 g/mol. The van der Waals surface area contributed by atoms with Crippen molar-refractivity contribution in [2.45, 2.75) is 46.1 Å². The molecular formula is C18H24N2O3. The predicted molar refractivity (Wildman–Crippen MR) is 88.8 cm³/mol. The SMILES string of the molecule is CCCC1=C(C(=O)OCC)C(c2ccc(CC)cc2)NC(=O)N1. The molecule has 0 saturated heterocycles. The first-order valence-corrected chi connectivity index (χ1v) is 8.17. The highest BCUT2D eigenvalue weighted by molar-refractivity contribution is 5.95. The van der Waals surface area contributed by atoms with E-state index in [9.17, 15) is 9.59 Å². The van der Waals surface area contributed by atoms with Crippen molar-refractivity contribution >= 4 is 12.0 Å². The molecule has 0 spiro atoms. The molecule has 124 valence electrons. The first kappa shape index (κ1) is 17.1. The van der Waals surface area contributed by atoms with Crippen molar-refractivity contribution in [3.05, 3.63) is 46.7 Å². The van der Waals surface area contributed by atoms with Gasteiger partial charge in [-0.25, -0.2) is 9.59 Å². The van der Waals surface area contributed by atoms with Crippen molar-refractivity contribution in [3.8, 4) is 0 Å². The summed E-state index contributed by atoms with van der Waals surface area (Å²) in [5.41, 5.74) is 3.25. The summed E-state index contributed by atoms with van der Waals surface area (Å²) < 4.78 is 5.20. The fourth-order valence-electron chi connectivity index (χ4n) is 2.71. The zero-order valence-electron chi connectivity index (χ0n) is 13.9. The Morgan fingerprint density at radius 2 is 1.87 bits per heavy atom. The van der Waals surface area contributed by atoms with Gasteiger partial charge in [-0.05, 0) is 30.9 Å². The van der Waals surface area contributed by atoms with Crippen LogP contribution < -0.4 is 10.6 Å². The van der Waals surface area contributed by atoms with Gasteiger partial charge in [0.2, 0.25) is 0 Å². The number of carbonyl (C=O) groups is 2. The molecule has 1 aromatic rings. The van der Waals surface area contributed by atoms with Crippen LogP contribution in [0.5, 0.6) is 0 Å². The molecule has 1 aromatic carbocycles. The summed E-state index contributed by atoms with van der Waals surface area (Å²) in [5.74, 6) is -0.381. The number of carbonyl (C=O) groups excluding carboxylic acids is 2. The Hall–Kier alpha value is -2.30. The van der Waals surface area contributed by atoms with Crippen LogP contribution >= 0.6 is 0 Å². The van der Waals surface area contributed by atoms with E-state index in [1.54, 1.807) is 6.92 Å². The summed E-state index contributed by atoms with van der Waals surface area (Å²) in [5, 5.41) is 5.60. The van der Waals surface area contributed by atoms with Crippen molar-refractivity contribution in [3.63, 3.8) is 0 Å². The van der Waals surface area contributed by atoms with Gasteiger partial charge in [-0.1, -0.05) is 44.5 Å². The van der Waals surface area contributed by atoms with E-state index in [1.807, 2.05) is 31.2 Å². The first-order chi connectivity index (χ1) is 11.1. The number of aryl methyl sites for hydroxylation is 1. The molecule has 1 heterocycles. The Morgan fingerprint density at radius 3 is 2.43 bits per heavy atom. The van der Waals surface area contributed by atoms with Gasteiger partial charge in [0.1, 0.15) is 0 Å². The lowest BCUT2D eigenvalue weighted by atomic mass is 9.93. The first-order valence-electron chi connectivity index (χ1n) is 8.17. The molecular weight excluding hydrogens is 292 g/mol. The Labute approximate surface area is 137 Å². The standard InChI is InChI=1S/C18H24N2O3/c1-4-7-14-15(17(21)23-6-3)16(20-18(22)19-14)13-10-8-12(5-2)9-11-13/h8-11,16H,4-7H2,1-3H3,(H2,19,20,22). The minimum Gasteiger partial charge on any atom is -0.463 e. The number of nitrogens with one attached hydrogen (secondary N) is 2. The Bertz CT molecular complexity index is 605. The lowest BCUT2D eigenvalue weighted by molar-refractivity contribution is -0.139. The third-order valence-corrected chi connectivity index (χ3v) is 3.87. The second kappa shape index (κ2) is 7.81. The van der Waals surface area contributed by atoms with Gasteiger partial charge in [0.05, 0.1) is 18.2 Å². The maximum absolute atomic E-state index is 12.4. The molecule has 1 aliphatic heterocycles. The number of urea groups is 1. The molecule has 1 atom stereocenters. The normalized spacial score (nSPS) is 17.5. The fraction of sp³-hybridized carbons (Fsp3) is 0.444. The van der Waals surface area contributed by atoms with E-state index in [1.165, 1.54) is 5.56 Å². The Kier molecular flexibility index (Phi) is 5.79. The number of esters is 1. The molecule has 0 aliphatic carbocycles. The molecule has 0 saturated carbocycles. The Morgan fingerprint density at radius 1 is 1.17 bits per heavy atom. The Balaban J connectivity index is 2.45. The number of hydrogen-bond acceptors (Lipinski definition) is 3. The van der Waals surface area contributed by atoms with Crippen LogP contribution in [0.15, 0.2) is 35.5 Å². The van der Waals surface area contributed by atoms with E-state index in [0.29, 0.717) is 24.3 Å². The monoisotopic (exact) mass is 316 g/mol. The summed E-state index contributed by atoms with van der Waals surface area (Å²) >= 11 is 0. The quantitative estimate of drug-likeness (QED) is 0.792. The molecule has 23 heavy (non-hydrogen) atoms. The lowest BCUT2D eigenvalue weighted by Gasteiger charge is -2.29. The molecule has 5 heteroatoms. The molecule has 0 aromatic heterocycles. The van der Waals surface area contributed by atoms with Gasteiger partial charge in [-0.3, -0.25) is 0 Å². The average Bonchev–Trinajstić information content (AvgIpc) is 2.55. The van der Waals surface area contributed by atoms with Crippen molar-refractivity contribution in [1.82, 2.24) is 10.6 Å². The van der Waals surface area contributed by atoms with E-state index >= 15 is 0 Å². The van der Waals surface area contributed by atoms with Gasteiger partial charge in [0, 0.05) is 5.70 Å². The van der Waals surface area contributed by atoms with Crippen molar-refractivity contribution in [2.24, 2.45) is 0 Å². The van der Waals surface area contributed by atoms with Gasteiger partial charge in [0.25, 0.3) is 0 Å². The van der Waals surface area contributed by atoms with E-state index in [0.717, 1.165) is 18.4 Å². The largest absolute Gasteiger partial charge is 0.463 e. The number of rotatable bonds is 6. The summed E-state index contributed by atoms with van der Waals surface area (Å²) in [4.78, 5) is 24.4. The van der Waals surface area contributed by atoms with E-state index < -0.39 is 6.04 Å². The highest BCUT2D eigenvalue weighted by Crippen LogP contribution is 2.29. The summed E-state index contributed by atoms with van der Waals surface area (Å²) in [6, 6.07) is 7.19. The van der Waals surface area contributed by atoms with Crippen LogP contribution in [0.25, 0.3) is 0 Å². The molecule has 2 rings (SSSR count). The van der Waals surface area contributed by atoms with E-state index in [-0.39, 0.29) is 12.0 Å². The topological polar surface area (TPSA) is 67.4 Å². The highest BCUT2D eigenvalue weighted by atomic mass is 16.5. The van der Waals surface area contributed by atoms with Crippen LogP contribution in [0.4, 0.5) is 4.79 Å². The third kappa shape index (κ3) is 3.92. The van der Waals surface area contributed by atoms with Gasteiger partial charge >= 0.3 is 12.0 Å². The van der Waals surface area contributed by atoms with Crippen LogP contribution in [0.2, 0.25) is 0 Å². The molecule has 1 unspecified atom stereocenters. The van der Waals surface area contributed by atoms with Crippen molar-refractivity contribution in [2.75, 3.05) is 6.61 Å². The second-order valence-electron chi connectivity index (χ2n) is 5.49. The van der Waals surface area contributed by atoms with Gasteiger partial charge < -0.3 is 15.4 Å². The lowest BCUT2D eigenvalue weighted by Crippen LogP contribution is -2.46. The molecule has 2 amide bonds. The molecule has 2 N–H and O–H groups in total. The maximum atomic E-state index is 12.4. The molecule has 0 fully saturated rings. The van der Waals surface area contributed by atoms with Gasteiger partial charge in [0.15, 0.2) is 0 Å². The highest BCUT2D eigenvalue weighted by Gasteiger charge is 2.33. The molecule has 5 nitrogen and oxygen atoms in total. The molecule has 0 bridgehead atoms. The van der Waals surface area contributed by atoms with Crippen molar-refractivity contribution in [1.29, 1.82) is 0 Å². The van der Waals surface area contributed by atoms with Gasteiger partial charge in [-0.15, -0.1) is 0 Å². The van der Waals surface area contributed by atoms with Crippen LogP contribution in [0, 0.1) is 0 Å². The van der Waals surface area contributed by atoms with Crippen LogP contribution in [-0.4, -0.2) is 18.6 Å². The minimum absolute atomic E-state index is 0.286. The maximum Gasteiger partial charge on any atom is 0.338 e. The van der Waals surface area contributed by atoms with E-state index in [2.05, 4.69) is 17.6 Å². The minimum atomic E-state index is -0.477. The third-order valence-electron chi connectivity index (χ3n) is 3.87. The van der Waals surface area contributed by atoms with Crippen LogP contribution in [-0.2, 0) is 16.0 Å². The number of allylic oxidation sites excluding steroid dienone is 1. The fourth-order valence-corrected chi connectivity index (χ4v) is 2.71. The van der Waals surface area contributed by atoms with E-state index in [4.69, 9.17) is 4.74 Å². The zero-order chi connectivity index (χ0) is 16.8. The number of hydrogen-bond donors (Lipinski definition) is 2. The number of benzene rings is 1. The van der Waals surface area contributed by atoms with Crippen molar-refractivity contribution < 1.29 is 14.3 Å². The smallest absolute Gasteiger partial charge is 0.338 e. The predicted octanol–water partition coefficient (Wildman–Crippen LogP) is 3.22. The number of amides is 2.